The Morgan fingerprint density at radius 3 is 3.14 bits per heavy atom. The average Bonchev–Trinajstić information content (AvgIpc) is 2.77. The molecular weight excluding hydrogens is 218 g/mol. The van der Waals surface area contributed by atoms with Crippen LogP contribution in [0.15, 0.2) is 12.1 Å². The molecule has 0 bridgehead atoms. The predicted molar refractivity (Wildman–Crippen MR) is 60.3 cm³/mol. The highest BCUT2D eigenvalue weighted by Gasteiger charge is 2.13. The molecule has 1 aliphatic rings. The third-order valence-corrected chi connectivity index (χ3v) is 3.65. The van der Waals surface area contributed by atoms with Crippen molar-refractivity contribution in [2.45, 2.75) is 18.9 Å². The summed E-state index contributed by atoms with van der Waals surface area (Å²) in [4.78, 5) is 1.35. The van der Waals surface area contributed by atoms with Crippen LogP contribution in [0.5, 0.6) is 0 Å². The molecule has 0 saturated carbocycles. The smallest absolute Gasteiger partial charge is 0.0931 e. The molecule has 0 radical (unpaired) electrons. The van der Waals surface area contributed by atoms with Crippen LogP contribution in [-0.4, -0.2) is 25.8 Å². The summed E-state index contributed by atoms with van der Waals surface area (Å²) >= 11 is 7.51. The van der Waals surface area contributed by atoms with E-state index in [0.29, 0.717) is 6.04 Å². The number of hydrogen-bond acceptors (Lipinski definition) is 3. The van der Waals surface area contributed by atoms with Gasteiger partial charge in [-0.05, 0) is 25.0 Å². The molecule has 2 rings (SSSR count). The first-order valence-electron chi connectivity index (χ1n) is 4.90. The molecule has 0 aliphatic carbocycles. The zero-order valence-electron chi connectivity index (χ0n) is 7.96. The van der Waals surface area contributed by atoms with Gasteiger partial charge in [-0.3, -0.25) is 0 Å². The van der Waals surface area contributed by atoms with Crippen molar-refractivity contribution in [1.29, 1.82) is 0 Å². The Kier molecular flexibility index (Phi) is 3.81. The van der Waals surface area contributed by atoms with Crippen molar-refractivity contribution in [3.8, 4) is 0 Å². The molecule has 4 heteroatoms. The Morgan fingerprint density at radius 1 is 1.57 bits per heavy atom. The van der Waals surface area contributed by atoms with Crippen LogP contribution in [0.4, 0.5) is 0 Å². The van der Waals surface area contributed by atoms with Gasteiger partial charge in [0.25, 0.3) is 0 Å². The first kappa shape index (κ1) is 10.4. The lowest BCUT2D eigenvalue weighted by atomic mass is 10.2. The van der Waals surface area contributed by atoms with Crippen LogP contribution in [0.3, 0.4) is 0 Å². The van der Waals surface area contributed by atoms with Gasteiger partial charge in [0, 0.05) is 24.1 Å². The molecule has 1 aromatic rings. The maximum Gasteiger partial charge on any atom is 0.0931 e. The summed E-state index contributed by atoms with van der Waals surface area (Å²) in [5.74, 6) is 0. The first-order chi connectivity index (χ1) is 6.84. The van der Waals surface area contributed by atoms with Crippen LogP contribution in [0.1, 0.15) is 11.3 Å². The van der Waals surface area contributed by atoms with Gasteiger partial charge in [-0.25, -0.2) is 0 Å². The number of rotatable bonds is 4. The molecular formula is C10H14ClNOS. The van der Waals surface area contributed by atoms with Gasteiger partial charge in [-0.2, -0.15) is 0 Å². The van der Waals surface area contributed by atoms with Gasteiger partial charge in [0.05, 0.1) is 10.9 Å². The van der Waals surface area contributed by atoms with E-state index in [9.17, 15) is 0 Å². The minimum Gasteiger partial charge on any atom is -0.380 e. The summed E-state index contributed by atoms with van der Waals surface area (Å²) in [6.07, 6.45) is 2.21. The van der Waals surface area contributed by atoms with Gasteiger partial charge >= 0.3 is 0 Å². The zero-order chi connectivity index (χ0) is 9.80. The van der Waals surface area contributed by atoms with E-state index in [1.807, 2.05) is 6.07 Å². The predicted octanol–water partition coefficient (Wildman–Crippen LogP) is 2.32. The van der Waals surface area contributed by atoms with Gasteiger partial charge in [-0.1, -0.05) is 11.6 Å². The lowest BCUT2D eigenvalue weighted by Gasteiger charge is -2.08. The highest BCUT2D eigenvalue weighted by Crippen LogP contribution is 2.21. The van der Waals surface area contributed by atoms with Crippen molar-refractivity contribution in [1.82, 2.24) is 5.32 Å². The Bertz CT molecular complexity index is 283. The number of hydrogen-bond donors (Lipinski definition) is 1. The lowest BCUT2D eigenvalue weighted by Crippen LogP contribution is -2.30. The minimum atomic E-state index is 0.561. The van der Waals surface area contributed by atoms with Crippen molar-refractivity contribution >= 4 is 22.9 Å². The van der Waals surface area contributed by atoms with Crippen LogP contribution < -0.4 is 5.32 Å². The highest BCUT2D eigenvalue weighted by atomic mass is 35.5. The van der Waals surface area contributed by atoms with Crippen LogP contribution in [-0.2, 0) is 11.2 Å². The fraction of sp³-hybridized carbons (Fsp3) is 0.600. The van der Waals surface area contributed by atoms with Gasteiger partial charge in [0.2, 0.25) is 0 Å². The first-order valence-corrected chi connectivity index (χ1v) is 6.09. The molecule has 0 spiro atoms. The normalized spacial score (nSPS) is 21.6. The average molecular weight is 232 g/mol. The van der Waals surface area contributed by atoms with Crippen molar-refractivity contribution in [2.24, 2.45) is 0 Å². The molecule has 78 valence electrons. The van der Waals surface area contributed by atoms with Crippen LogP contribution in [0.2, 0.25) is 4.34 Å². The number of halogens is 1. The standard InChI is InChI=1S/C10H14ClNOS/c11-10-2-1-9(14-10)3-5-12-8-4-6-13-7-8/h1-2,8,12H,3-7H2. The second-order valence-corrected chi connectivity index (χ2v) is 5.27. The fourth-order valence-electron chi connectivity index (χ4n) is 1.58. The fourth-order valence-corrected chi connectivity index (χ4v) is 2.67. The molecule has 0 aromatic carbocycles. The van der Waals surface area contributed by atoms with E-state index >= 15 is 0 Å². The number of thiophene rings is 1. The second kappa shape index (κ2) is 5.12. The Balaban J connectivity index is 1.67. The molecule has 1 fully saturated rings. The molecule has 1 atom stereocenters. The summed E-state index contributed by atoms with van der Waals surface area (Å²) in [5, 5.41) is 3.48. The molecule has 14 heavy (non-hydrogen) atoms. The Hall–Kier alpha value is -0.0900. The van der Waals surface area contributed by atoms with Crippen LogP contribution in [0, 0.1) is 0 Å². The maximum absolute atomic E-state index is 5.84. The summed E-state index contributed by atoms with van der Waals surface area (Å²) in [7, 11) is 0. The largest absolute Gasteiger partial charge is 0.380 e. The third-order valence-electron chi connectivity index (χ3n) is 2.36. The third kappa shape index (κ3) is 2.95. The van der Waals surface area contributed by atoms with Crippen LogP contribution >= 0.6 is 22.9 Å². The van der Waals surface area contributed by atoms with Gasteiger partial charge in [0.1, 0.15) is 0 Å². The molecule has 1 N–H and O–H groups in total. The van der Waals surface area contributed by atoms with E-state index in [-0.39, 0.29) is 0 Å². The van der Waals surface area contributed by atoms with Crippen molar-refractivity contribution in [3.05, 3.63) is 21.3 Å². The SMILES string of the molecule is Clc1ccc(CCNC2CCOC2)s1. The summed E-state index contributed by atoms with van der Waals surface area (Å²) in [6, 6.07) is 4.62. The van der Waals surface area contributed by atoms with Gasteiger partial charge < -0.3 is 10.1 Å². The molecule has 0 amide bonds. The molecule has 1 aliphatic heterocycles. The van der Waals surface area contributed by atoms with Crippen LogP contribution in [0.25, 0.3) is 0 Å². The molecule has 2 heterocycles. The van der Waals surface area contributed by atoms with E-state index in [0.717, 1.165) is 36.9 Å². The maximum atomic E-state index is 5.84. The van der Waals surface area contributed by atoms with Gasteiger partial charge in [0.15, 0.2) is 0 Å². The van der Waals surface area contributed by atoms with Crippen molar-refractivity contribution in [2.75, 3.05) is 19.8 Å². The van der Waals surface area contributed by atoms with E-state index in [1.54, 1.807) is 11.3 Å². The highest BCUT2D eigenvalue weighted by molar-refractivity contribution is 7.16. The lowest BCUT2D eigenvalue weighted by molar-refractivity contribution is 0.190. The Morgan fingerprint density at radius 2 is 2.50 bits per heavy atom. The summed E-state index contributed by atoms with van der Waals surface area (Å²) in [5.41, 5.74) is 0. The molecule has 1 saturated heterocycles. The van der Waals surface area contributed by atoms with Crippen molar-refractivity contribution in [3.63, 3.8) is 0 Å². The quantitative estimate of drug-likeness (QED) is 0.859. The Labute approximate surface area is 93.2 Å². The second-order valence-electron chi connectivity index (χ2n) is 3.47. The molecule has 1 unspecified atom stereocenters. The van der Waals surface area contributed by atoms with Crippen molar-refractivity contribution < 1.29 is 4.74 Å². The molecule has 2 nitrogen and oxygen atoms in total. The minimum absolute atomic E-state index is 0.561. The number of ether oxygens (including phenoxy) is 1. The zero-order valence-corrected chi connectivity index (χ0v) is 9.53. The monoisotopic (exact) mass is 231 g/mol. The van der Waals surface area contributed by atoms with Gasteiger partial charge in [-0.15, -0.1) is 11.3 Å². The number of nitrogens with one attached hydrogen (secondary N) is 1. The summed E-state index contributed by atoms with van der Waals surface area (Å²) in [6.45, 7) is 2.79. The summed E-state index contributed by atoms with van der Waals surface area (Å²) < 4.78 is 6.16. The van der Waals surface area contributed by atoms with E-state index in [4.69, 9.17) is 16.3 Å². The van der Waals surface area contributed by atoms with E-state index in [2.05, 4.69) is 11.4 Å². The molecule has 1 aromatic heterocycles. The van der Waals surface area contributed by atoms with E-state index < -0.39 is 0 Å². The topological polar surface area (TPSA) is 21.3 Å². The van der Waals surface area contributed by atoms with E-state index in [1.165, 1.54) is 4.88 Å².